The molecule has 0 radical (unpaired) electrons. The van der Waals surface area contributed by atoms with E-state index in [2.05, 4.69) is 5.32 Å². The normalized spacial score (nSPS) is 23.4. The highest BCUT2D eigenvalue weighted by atomic mass is 16.5. The number of carbonyl (C=O) groups is 3. The number of hydrogen-bond donors (Lipinski definition) is 8. The maximum absolute atomic E-state index is 12.7. The van der Waals surface area contributed by atoms with Gasteiger partial charge >= 0.3 is 5.97 Å². The van der Waals surface area contributed by atoms with E-state index in [0.717, 1.165) is 12.2 Å². The molecule has 0 spiro atoms. The van der Waals surface area contributed by atoms with Gasteiger partial charge in [0.1, 0.15) is 31.5 Å². The molecule has 4 unspecified atom stereocenters. The minimum atomic E-state index is -2.16. The van der Waals surface area contributed by atoms with Crippen LogP contribution < -0.4 is 15.8 Å². The van der Waals surface area contributed by atoms with Crippen LogP contribution >= 0.6 is 0 Å². The van der Waals surface area contributed by atoms with Gasteiger partial charge in [0.25, 0.3) is 0 Å². The van der Waals surface area contributed by atoms with Crippen molar-refractivity contribution in [2.75, 3.05) is 40.0 Å². The summed E-state index contributed by atoms with van der Waals surface area (Å²) in [6.45, 7) is -1.04. The highest BCUT2D eigenvalue weighted by Gasteiger charge is 2.59. The number of carboxylic acid groups (broad SMARTS) is 1. The summed E-state index contributed by atoms with van der Waals surface area (Å²) in [5.41, 5.74) is 2.27. The second-order valence-electron chi connectivity index (χ2n) is 10.6. The van der Waals surface area contributed by atoms with Crippen molar-refractivity contribution in [3.63, 3.8) is 0 Å². The van der Waals surface area contributed by atoms with Crippen LogP contribution in [0.3, 0.4) is 0 Å². The number of likely N-dealkylation sites (N-methyl/N-ethyl adjacent to an activating group) is 1. The molecule has 45 heavy (non-hydrogen) atoms. The van der Waals surface area contributed by atoms with Crippen molar-refractivity contribution < 1.29 is 59.2 Å². The smallest absolute Gasteiger partial charge is 0.336 e. The average molecular weight is 631 g/mol. The first-order valence-electron chi connectivity index (χ1n) is 14.0. The van der Waals surface area contributed by atoms with Crippen molar-refractivity contribution in [2.24, 2.45) is 5.73 Å². The lowest BCUT2D eigenvalue weighted by molar-refractivity contribution is -0.236. The Bertz CT molecular complexity index is 1430. The van der Waals surface area contributed by atoms with E-state index < -0.39 is 67.0 Å². The number of aliphatic carboxylic acids is 1. The molecule has 3 rings (SSSR count). The highest BCUT2D eigenvalue weighted by molar-refractivity contribution is 5.95. The van der Waals surface area contributed by atoms with Crippen LogP contribution in [-0.2, 0) is 23.9 Å². The molecule has 1 fully saturated rings. The number of hydrogen-bond acceptors (Lipinski definition) is 13. The van der Waals surface area contributed by atoms with Gasteiger partial charge in [-0.05, 0) is 54.6 Å². The number of aromatic hydroxyl groups is 3. The van der Waals surface area contributed by atoms with Crippen molar-refractivity contribution in [3.8, 4) is 23.0 Å². The van der Waals surface area contributed by atoms with E-state index in [-0.39, 0.29) is 42.7 Å². The fourth-order valence-electron chi connectivity index (χ4n) is 4.92. The van der Waals surface area contributed by atoms with Gasteiger partial charge in [-0.15, -0.1) is 0 Å². The number of nitrogens with two attached hydrogens (primary N) is 1. The molecule has 14 heteroatoms. The minimum Gasteiger partial charge on any atom is -0.504 e. The van der Waals surface area contributed by atoms with E-state index in [9.17, 15) is 45.0 Å². The van der Waals surface area contributed by atoms with Crippen molar-refractivity contribution in [1.29, 1.82) is 0 Å². The number of phenolic OH excluding ortho intramolecular Hbond substituents is 3. The summed E-state index contributed by atoms with van der Waals surface area (Å²) in [5.74, 6) is -3.38. The Labute approximate surface area is 259 Å². The standard InChI is InChI=1S/C31H38N2O12/c1-33-18-31(45-16-22(35)6-2-19-4-8-23(36)24(37)12-19)17-30(29(41)42,14-26(39)28(31)40)44-15-21(34)7-3-20-5-9-27(25(38)13-20)43-11-10-32/h2-9,12-13,26,28,33,36-40H,10-11,14-18,32H2,1H3,(H,41,42). The first-order valence-corrected chi connectivity index (χ1v) is 14.0. The molecule has 1 saturated carbocycles. The summed E-state index contributed by atoms with van der Waals surface area (Å²) in [6.07, 6.45) is 0.660. The summed E-state index contributed by atoms with van der Waals surface area (Å²) in [5, 5.41) is 63.8. The van der Waals surface area contributed by atoms with Crippen LogP contribution in [0.1, 0.15) is 24.0 Å². The van der Waals surface area contributed by atoms with Gasteiger partial charge in [0.15, 0.2) is 40.2 Å². The molecule has 244 valence electrons. The third kappa shape index (κ3) is 9.11. The summed E-state index contributed by atoms with van der Waals surface area (Å²) in [7, 11) is 1.50. The van der Waals surface area contributed by atoms with Crippen LogP contribution in [-0.4, -0.2) is 112 Å². The van der Waals surface area contributed by atoms with Gasteiger partial charge in [-0.1, -0.05) is 24.3 Å². The summed E-state index contributed by atoms with van der Waals surface area (Å²) >= 11 is 0. The Kier molecular flexibility index (Phi) is 12.2. The average Bonchev–Trinajstić information content (AvgIpc) is 3.00. The van der Waals surface area contributed by atoms with E-state index in [1.165, 1.54) is 49.5 Å². The van der Waals surface area contributed by atoms with E-state index in [4.69, 9.17) is 19.9 Å². The van der Waals surface area contributed by atoms with Crippen LogP contribution in [0.4, 0.5) is 0 Å². The molecule has 0 heterocycles. The largest absolute Gasteiger partial charge is 0.504 e. The molecule has 1 aliphatic rings. The number of nitrogens with one attached hydrogen (secondary N) is 1. The number of rotatable bonds is 16. The SMILES string of the molecule is CNCC1(OCC(=O)C=Cc2ccc(O)c(O)c2)CC(OCC(=O)C=Cc2ccc(OCCN)c(O)c2)(C(=O)O)CC(O)C1O. The predicted octanol–water partition coefficient (Wildman–Crippen LogP) is 0.336. The lowest BCUT2D eigenvalue weighted by Gasteiger charge is -2.49. The van der Waals surface area contributed by atoms with Gasteiger partial charge < -0.3 is 55.9 Å². The lowest BCUT2D eigenvalue weighted by atomic mass is 9.71. The zero-order chi connectivity index (χ0) is 33.2. The highest BCUT2D eigenvalue weighted by Crippen LogP contribution is 2.41. The second-order valence-corrected chi connectivity index (χ2v) is 10.6. The number of aliphatic hydroxyl groups is 2. The molecular formula is C31H38N2O12. The molecule has 0 aliphatic heterocycles. The van der Waals surface area contributed by atoms with Crippen LogP contribution in [0.5, 0.6) is 23.0 Å². The number of phenols is 3. The molecule has 0 bridgehead atoms. The van der Waals surface area contributed by atoms with E-state index in [0.29, 0.717) is 11.1 Å². The predicted molar refractivity (Wildman–Crippen MR) is 161 cm³/mol. The van der Waals surface area contributed by atoms with Crippen molar-refractivity contribution in [2.45, 2.75) is 36.3 Å². The maximum atomic E-state index is 12.7. The Morgan fingerprint density at radius 2 is 1.53 bits per heavy atom. The molecule has 14 nitrogen and oxygen atoms in total. The molecule has 2 aromatic carbocycles. The van der Waals surface area contributed by atoms with Crippen molar-refractivity contribution in [3.05, 3.63) is 59.7 Å². The van der Waals surface area contributed by atoms with Crippen LogP contribution in [0.25, 0.3) is 12.2 Å². The summed E-state index contributed by atoms with van der Waals surface area (Å²) < 4.78 is 16.7. The van der Waals surface area contributed by atoms with E-state index in [1.807, 2.05) is 0 Å². The number of aliphatic hydroxyl groups excluding tert-OH is 2. The molecule has 2 aromatic rings. The van der Waals surface area contributed by atoms with Gasteiger partial charge in [0.2, 0.25) is 0 Å². The van der Waals surface area contributed by atoms with Gasteiger partial charge in [0.05, 0.1) is 6.10 Å². The Morgan fingerprint density at radius 1 is 0.933 bits per heavy atom. The molecule has 4 atom stereocenters. The summed E-state index contributed by atoms with van der Waals surface area (Å²) in [6, 6.07) is 8.38. The molecule has 0 aromatic heterocycles. The first-order chi connectivity index (χ1) is 21.3. The molecule has 1 aliphatic carbocycles. The zero-order valence-electron chi connectivity index (χ0n) is 24.6. The zero-order valence-corrected chi connectivity index (χ0v) is 24.6. The summed E-state index contributed by atoms with van der Waals surface area (Å²) in [4.78, 5) is 37.8. The third-order valence-corrected chi connectivity index (χ3v) is 7.17. The number of carbonyl (C=O) groups excluding carboxylic acids is 2. The molecular weight excluding hydrogens is 592 g/mol. The fourth-order valence-corrected chi connectivity index (χ4v) is 4.92. The van der Waals surface area contributed by atoms with Gasteiger partial charge in [0, 0.05) is 25.9 Å². The van der Waals surface area contributed by atoms with E-state index in [1.54, 1.807) is 6.07 Å². The van der Waals surface area contributed by atoms with Crippen LogP contribution in [0.2, 0.25) is 0 Å². The Morgan fingerprint density at radius 3 is 2.09 bits per heavy atom. The van der Waals surface area contributed by atoms with Gasteiger partial charge in [-0.25, -0.2) is 4.79 Å². The van der Waals surface area contributed by atoms with Crippen molar-refractivity contribution >= 4 is 29.7 Å². The second kappa shape index (κ2) is 15.6. The fraction of sp³-hybridized carbons (Fsp3) is 0.387. The number of benzene rings is 2. The quantitative estimate of drug-likeness (QED) is 0.0922. The molecule has 0 amide bonds. The molecule has 9 N–H and O–H groups in total. The molecule has 0 saturated heterocycles. The van der Waals surface area contributed by atoms with Gasteiger partial charge in [-0.2, -0.15) is 0 Å². The topological polar surface area (TPSA) is 238 Å². The maximum Gasteiger partial charge on any atom is 0.336 e. The Balaban J connectivity index is 1.72. The van der Waals surface area contributed by atoms with Crippen molar-refractivity contribution in [1.82, 2.24) is 5.32 Å². The van der Waals surface area contributed by atoms with Gasteiger partial charge in [-0.3, -0.25) is 9.59 Å². The first kappa shape index (κ1) is 35.2. The number of ether oxygens (including phenoxy) is 3. The minimum absolute atomic E-state index is 0.164. The third-order valence-electron chi connectivity index (χ3n) is 7.17. The lowest BCUT2D eigenvalue weighted by Crippen LogP contribution is -2.67. The Hall–Kier alpha value is -4.31. The van der Waals surface area contributed by atoms with Crippen LogP contribution in [0, 0.1) is 0 Å². The number of carboxylic acids is 1. The number of ketones is 2. The van der Waals surface area contributed by atoms with Crippen LogP contribution in [0.15, 0.2) is 48.6 Å². The van der Waals surface area contributed by atoms with E-state index >= 15 is 0 Å². The monoisotopic (exact) mass is 630 g/mol.